The van der Waals surface area contributed by atoms with Gasteiger partial charge >= 0.3 is 0 Å². The molecule has 38 heavy (non-hydrogen) atoms. The van der Waals surface area contributed by atoms with Crippen LogP contribution in [0.5, 0.6) is 0 Å². The Kier molecular flexibility index (Phi) is 9.23. The van der Waals surface area contributed by atoms with Gasteiger partial charge in [-0.05, 0) is 89.0 Å². The maximum Gasteiger partial charge on any atom is 0.152 e. The van der Waals surface area contributed by atoms with Crippen LogP contribution in [0.4, 0.5) is 0 Å². The zero-order chi connectivity index (χ0) is 27.0. The standard InChI is InChI=1S/C26H44ClN5O.C4H6O/c1-15(18-9-11-24(27)29-26(18)28)31-13-12-22-25-19(4-2-3-5-21(25)31)30-32(22)20-10-8-17(14-23(20)33)16-6-7-16;1-3-4(2)5/h16-26,29-30,33H,1-14,28H2;3H,1H2,2H3/t17?,18?,19?,20?,21-,22?,23?,24?,25?,26?;/m0./s1. The molecule has 6 rings (SSSR count). The van der Waals surface area contributed by atoms with E-state index >= 15 is 0 Å². The lowest BCUT2D eigenvalue weighted by Crippen LogP contribution is -2.59. The van der Waals surface area contributed by atoms with Gasteiger partial charge in [-0.2, -0.15) is 0 Å². The van der Waals surface area contributed by atoms with Gasteiger partial charge in [0.2, 0.25) is 0 Å². The predicted octanol–water partition coefficient (Wildman–Crippen LogP) is 3.87. The van der Waals surface area contributed by atoms with Crippen molar-refractivity contribution in [3.8, 4) is 0 Å². The SMILES string of the molecule is C=C(C1CCC(Cl)NC1N)N1CCC2C3C(CCCC[C@@H]31)NN2C1CCC(C2CC2)CC1O.C=CC(C)=O. The number of likely N-dealkylation sites (tertiary alicyclic amines) is 1. The second-order valence-electron chi connectivity index (χ2n) is 12.8. The van der Waals surface area contributed by atoms with Crippen molar-refractivity contribution < 1.29 is 9.90 Å². The largest absolute Gasteiger partial charge is 0.391 e. The summed E-state index contributed by atoms with van der Waals surface area (Å²) in [6.45, 7) is 10.3. The van der Waals surface area contributed by atoms with Crippen molar-refractivity contribution in [2.45, 2.75) is 126 Å². The quantitative estimate of drug-likeness (QED) is 0.236. The van der Waals surface area contributed by atoms with Crippen LogP contribution in [0.15, 0.2) is 24.9 Å². The molecular weight excluding hydrogens is 498 g/mol. The fourth-order valence-electron chi connectivity index (χ4n) is 8.33. The van der Waals surface area contributed by atoms with E-state index in [1.165, 1.54) is 63.6 Å². The van der Waals surface area contributed by atoms with Gasteiger partial charge < -0.3 is 15.7 Å². The number of hydrogen-bond acceptors (Lipinski definition) is 7. The summed E-state index contributed by atoms with van der Waals surface area (Å²) in [6.07, 6.45) is 15.4. The maximum absolute atomic E-state index is 11.2. The molecule has 0 radical (unpaired) electrons. The van der Waals surface area contributed by atoms with Gasteiger partial charge in [-0.3, -0.25) is 15.5 Å². The van der Waals surface area contributed by atoms with Gasteiger partial charge in [0.15, 0.2) is 5.78 Å². The van der Waals surface area contributed by atoms with Crippen molar-refractivity contribution in [1.29, 1.82) is 0 Å². The first-order valence-corrected chi connectivity index (χ1v) is 15.7. The molecule has 214 valence electrons. The molecular formula is C30H50ClN5O2. The van der Waals surface area contributed by atoms with E-state index in [1.807, 2.05) is 0 Å². The average Bonchev–Trinajstić information content (AvgIpc) is 3.71. The Balaban J connectivity index is 0.000000540. The fourth-order valence-corrected chi connectivity index (χ4v) is 8.60. The third-order valence-electron chi connectivity index (χ3n) is 10.4. The maximum atomic E-state index is 11.2. The van der Waals surface area contributed by atoms with Gasteiger partial charge in [0.05, 0.1) is 23.8 Å². The molecule has 0 aromatic carbocycles. The number of halogens is 1. The number of hydrogen-bond donors (Lipinski definition) is 4. The minimum atomic E-state index is -0.180. The monoisotopic (exact) mass is 547 g/mol. The van der Waals surface area contributed by atoms with Crippen LogP contribution in [-0.2, 0) is 4.79 Å². The molecule has 0 amide bonds. The van der Waals surface area contributed by atoms with Crippen molar-refractivity contribution in [3.05, 3.63) is 24.9 Å². The summed E-state index contributed by atoms with van der Waals surface area (Å²) in [6, 6.07) is 1.87. The average molecular weight is 548 g/mol. The Morgan fingerprint density at radius 2 is 1.71 bits per heavy atom. The summed E-state index contributed by atoms with van der Waals surface area (Å²) in [7, 11) is 0. The van der Waals surface area contributed by atoms with E-state index in [1.54, 1.807) is 0 Å². The first-order chi connectivity index (χ1) is 18.3. The smallest absolute Gasteiger partial charge is 0.152 e. The Hall–Kier alpha value is -0.960. The summed E-state index contributed by atoms with van der Waals surface area (Å²) < 4.78 is 0. The van der Waals surface area contributed by atoms with Crippen LogP contribution in [-0.4, -0.2) is 69.3 Å². The summed E-state index contributed by atoms with van der Waals surface area (Å²) in [5.74, 6) is 2.57. The van der Waals surface area contributed by atoms with Crippen LogP contribution in [0.1, 0.15) is 84.0 Å². The highest BCUT2D eigenvalue weighted by atomic mass is 35.5. The van der Waals surface area contributed by atoms with Crippen LogP contribution in [0.2, 0.25) is 0 Å². The van der Waals surface area contributed by atoms with Crippen LogP contribution < -0.4 is 16.5 Å². The molecule has 7 nitrogen and oxygen atoms in total. The molecule has 3 saturated carbocycles. The number of alkyl halides is 1. The third-order valence-corrected chi connectivity index (χ3v) is 10.8. The number of nitrogens with two attached hydrogens (primary N) is 1. The van der Waals surface area contributed by atoms with Crippen molar-refractivity contribution >= 4 is 17.4 Å². The number of nitrogens with zero attached hydrogens (tertiary/aromatic N) is 2. The number of aliphatic hydroxyl groups excluding tert-OH is 1. The number of carbonyl (C=O) groups excluding carboxylic acids is 1. The van der Waals surface area contributed by atoms with Gasteiger partial charge in [-0.1, -0.05) is 26.0 Å². The highest BCUT2D eigenvalue weighted by molar-refractivity contribution is 6.20. The van der Waals surface area contributed by atoms with Gasteiger partial charge in [0.25, 0.3) is 0 Å². The van der Waals surface area contributed by atoms with Gasteiger partial charge in [-0.15, -0.1) is 11.6 Å². The summed E-state index contributed by atoms with van der Waals surface area (Å²) in [5.41, 5.74) is 11.7. The molecule has 3 saturated heterocycles. The van der Waals surface area contributed by atoms with Crippen LogP contribution in [0.3, 0.4) is 0 Å². The van der Waals surface area contributed by atoms with E-state index in [2.05, 4.69) is 33.8 Å². The van der Waals surface area contributed by atoms with Gasteiger partial charge in [0, 0.05) is 42.2 Å². The Bertz CT molecular complexity index is 868. The molecule has 0 aromatic rings. The lowest BCUT2D eigenvalue weighted by atomic mass is 9.77. The van der Waals surface area contributed by atoms with E-state index in [0.717, 1.165) is 50.5 Å². The third kappa shape index (κ3) is 6.03. The van der Waals surface area contributed by atoms with E-state index in [-0.39, 0.29) is 35.5 Å². The van der Waals surface area contributed by atoms with Crippen molar-refractivity contribution in [2.75, 3.05) is 6.54 Å². The van der Waals surface area contributed by atoms with Crippen molar-refractivity contribution in [2.24, 2.45) is 29.4 Å². The van der Waals surface area contributed by atoms with Crippen LogP contribution in [0.25, 0.3) is 0 Å². The fraction of sp³-hybridized carbons (Fsp3) is 0.833. The van der Waals surface area contributed by atoms with Gasteiger partial charge in [0.1, 0.15) is 0 Å². The first-order valence-electron chi connectivity index (χ1n) is 15.2. The lowest BCUT2D eigenvalue weighted by Gasteiger charge is -2.50. The minimum Gasteiger partial charge on any atom is -0.391 e. The zero-order valence-electron chi connectivity index (χ0n) is 23.2. The van der Waals surface area contributed by atoms with E-state index in [4.69, 9.17) is 17.3 Å². The van der Waals surface area contributed by atoms with E-state index < -0.39 is 0 Å². The molecule has 10 atom stereocenters. The van der Waals surface area contributed by atoms with Crippen molar-refractivity contribution in [3.63, 3.8) is 0 Å². The predicted molar refractivity (Wildman–Crippen MR) is 153 cm³/mol. The molecule has 3 aliphatic heterocycles. The number of nitrogens with one attached hydrogen (secondary N) is 2. The number of allylic oxidation sites excluding steroid dienone is 1. The van der Waals surface area contributed by atoms with Gasteiger partial charge in [-0.25, -0.2) is 5.01 Å². The molecule has 0 aromatic heterocycles. The molecule has 6 fully saturated rings. The number of ketones is 1. The summed E-state index contributed by atoms with van der Waals surface area (Å²) in [5, 5.41) is 17.1. The Labute approximate surface area is 234 Å². The Morgan fingerprint density at radius 3 is 2.37 bits per heavy atom. The first kappa shape index (κ1) is 28.6. The van der Waals surface area contributed by atoms with E-state index in [0.29, 0.717) is 24.0 Å². The molecule has 5 N–H and O–H groups in total. The number of piperidine rings is 2. The highest BCUT2D eigenvalue weighted by Crippen LogP contribution is 2.48. The topological polar surface area (TPSA) is 93.9 Å². The second-order valence-corrected chi connectivity index (χ2v) is 13.3. The number of carbonyl (C=O) groups is 1. The minimum absolute atomic E-state index is 0.0185. The molecule has 0 bridgehead atoms. The van der Waals surface area contributed by atoms with Crippen molar-refractivity contribution in [1.82, 2.24) is 20.7 Å². The number of rotatable bonds is 5. The van der Waals surface area contributed by atoms with Crippen LogP contribution >= 0.6 is 11.6 Å². The number of aliphatic hydroxyl groups is 1. The highest BCUT2D eigenvalue weighted by Gasteiger charge is 2.54. The summed E-state index contributed by atoms with van der Waals surface area (Å²) >= 11 is 6.31. The second kappa shape index (κ2) is 12.3. The summed E-state index contributed by atoms with van der Waals surface area (Å²) in [4.78, 5) is 12.3. The zero-order valence-corrected chi connectivity index (χ0v) is 24.0. The molecule has 3 aliphatic carbocycles. The number of hydrazine groups is 1. The normalized spacial score (nSPS) is 43.3. The molecule has 8 heteroatoms. The lowest BCUT2D eigenvalue weighted by molar-refractivity contribution is -0.112. The molecule has 3 heterocycles. The molecule has 0 spiro atoms. The van der Waals surface area contributed by atoms with E-state index in [9.17, 15) is 9.90 Å². The molecule has 6 aliphatic rings. The van der Waals surface area contributed by atoms with Crippen LogP contribution in [0, 0.1) is 23.7 Å². The molecule has 9 unspecified atom stereocenters. The Morgan fingerprint density at radius 1 is 1.00 bits per heavy atom.